The predicted molar refractivity (Wildman–Crippen MR) is 47.4 cm³/mol. The normalized spacial score (nSPS) is 21.9. The van der Waals surface area contributed by atoms with E-state index in [-0.39, 0.29) is 0 Å². The minimum Gasteiger partial charge on any atom is -0.413 e. The number of rotatable bonds is 5. The topological polar surface area (TPSA) is 30.5 Å². The lowest BCUT2D eigenvalue weighted by Crippen LogP contribution is -2.05. The summed E-state index contributed by atoms with van der Waals surface area (Å²) in [5.74, 6) is 2.05. The summed E-state index contributed by atoms with van der Waals surface area (Å²) in [6, 6.07) is 0. The van der Waals surface area contributed by atoms with Crippen LogP contribution in [0.2, 0.25) is 0 Å². The Balaban J connectivity index is 2.44. The van der Waals surface area contributed by atoms with Crippen LogP contribution in [0.1, 0.15) is 13.8 Å². The molecule has 0 aromatic carbocycles. The summed E-state index contributed by atoms with van der Waals surface area (Å²) in [5, 5.41) is 0. The summed E-state index contributed by atoms with van der Waals surface area (Å²) < 4.78 is 5.07. The molecule has 1 unspecified atom stereocenters. The van der Waals surface area contributed by atoms with Gasteiger partial charge in [0, 0.05) is 14.2 Å². The molecule has 1 atom stereocenters. The zero-order valence-electron chi connectivity index (χ0n) is 8.18. The van der Waals surface area contributed by atoms with Gasteiger partial charge in [0.05, 0.1) is 12.5 Å². The first-order chi connectivity index (χ1) is 5.72. The van der Waals surface area contributed by atoms with Crippen molar-refractivity contribution in [3.8, 4) is 0 Å². The van der Waals surface area contributed by atoms with E-state index in [0.29, 0.717) is 11.8 Å². The van der Waals surface area contributed by atoms with Crippen molar-refractivity contribution in [2.45, 2.75) is 13.8 Å². The van der Waals surface area contributed by atoms with Crippen LogP contribution in [0.25, 0.3) is 0 Å². The molecular formula is C9H17NO2. The van der Waals surface area contributed by atoms with Crippen LogP contribution in [0, 0.1) is 11.8 Å². The second kappa shape index (κ2) is 3.92. The minimum absolute atomic E-state index is 0.419. The highest BCUT2D eigenvalue weighted by atomic mass is 16.7. The third kappa shape index (κ3) is 1.79. The summed E-state index contributed by atoms with van der Waals surface area (Å²) in [6.07, 6.45) is 0. The van der Waals surface area contributed by atoms with E-state index in [2.05, 4.69) is 19.3 Å². The maximum Gasteiger partial charge on any atom is 0.134 e. The Morgan fingerprint density at radius 1 is 1.50 bits per heavy atom. The largest absolute Gasteiger partial charge is 0.413 e. The number of hydrogen-bond donors (Lipinski definition) is 1. The van der Waals surface area contributed by atoms with Gasteiger partial charge < -0.3 is 9.57 Å². The van der Waals surface area contributed by atoms with E-state index in [1.54, 1.807) is 14.2 Å². The van der Waals surface area contributed by atoms with Gasteiger partial charge in [0.1, 0.15) is 5.76 Å². The van der Waals surface area contributed by atoms with Crippen LogP contribution in [0.5, 0.6) is 0 Å². The monoisotopic (exact) mass is 171 g/mol. The molecule has 0 aliphatic heterocycles. The van der Waals surface area contributed by atoms with Gasteiger partial charge in [-0.1, -0.05) is 13.8 Å². The first-order valence-corrected chi connectivity index (χ1v) is 4.28. The van der Waals surface area contributed by atoms with Gasteiger partial charge in [-0.25, -0.2) is 0 Å². The third-order valence-electron chi connectivity index (χ3n) is 2.06. The third-order valence-corrected chi connectivity index (χ3v) is 2.06. The Morgan fingerprint density at radius 3 is 2.58 bits per heavy atom. The van der Waals surface area contributed by atoms with Crippen molar-refractivity contribution >= 4 is 0 Å². The van der Waals surface area contributed by atoms with Crippen molar-refractivity contribution in [3.05, 3.63) is 11.3 Å². The number of nitrogens with one attached hydrogen (secondary N) is 1. The summed E-state index contributed by atoms with van der Waals surface area (Å²) in [7, 11) is 3.49. The molecule has 1 aliphatic carbocycles. The van der Waals surface area contributed by atoms with Crippen LogP contribution in [0.3, 0.4) is 0 Å². The lowest BCUT2D eigenvalue weighted by molar-refractivity contribution is 0.111. The van der Waals surface area contributed by atoms with Gasteiger partial charge in [-0.2, -0.15) is 5.48 Å². The molecule has 3 nitrogen and oxygen atoms in total. The molecule has 1 N–H and O–H groups in total. The SMILES string of the molecule is CNOC1=C(C(C)C)C1COC. The van der Waals surface area contributed by atoms with E-state index in [9.17, 15) is 0 Å². The molecule has 70 valence electrons. The molecule has 0 saturated carbocycles. The standard InChI is InChI=1S/C9H17NO2/c1-6(2)8-7(5-11-4)9(8)12-10-3/h6-7,10H,5H2,1-4H3. The smallest absolute Gasteiger partial charge is 0.134 e. The van der Waals surface area contributed by atoms with Crippen LogP contribution in [-0.2, 0) is 9.57 Å². The predicted octanol–water partition coefficient (Wildman–Crippen LogP) is 1.32. The Kier molecular flexibility index (Phi) is 3.12. The fourth-order valence-electron chi connectivity index (χ4n) is 1.52. The zero-order valence-corrected chi connectivity index (χ0v) is 8.18. The molecule has 0 fully saturated rings. The number of hydrogen-bond acceptors (Lipinski definition) is 3. The van der Waals surface area contributed by atoms with Crippen LogP contribution in [0.4, 0.5) is 0 Å². The van der Waals surface area contributed by atoms with Gasteiger partial charge in [0.15, 0.2) is 0 Å². The molecule has 12 heavy (non-hydrogen) atoms. The Morgan fingerprint density at radius 2 is 2.17 bits per heavy atom. The average Bonchev–Trinajstić information content (AvgIpc) is 2.65. The summed E-state index contributed by atoms with van der Waals surface area (Å²) in [5.41, 5.74) is 4.07. The van der Waals surface area contributed by atoms with E-state index < -0.39 is 0 Å². The van der Waals surface area contributed by atoms with E-state index in [1.165, 1.54) is 5.57 Å². The second-order valence-corrected chi connectivity index (χ2v) is 3.29. The highest BCUT2D eigenvalue weighted by molar-refractivity contribution is 5.37. The summed E-state index contributed by atoms with van der Waals surface area (Å²) >= 11 is 0. The van der Waals surface area contributed by atoms with Crippen LogP contribution < -0.4 is 5.48 Å². The highest BCUT2D eigenvalue weighted by Crippen LogP contribution is 2.44. The van der Waals surface area contributed by atoms with Gasteiger partial charge in [0.2, 0.25) is 0 Å². The van der Waals surface area contributed by atoms with Crippen LogP contribution >= 0.6 is 0 Å². The molecule has 1 aliphatic rings. The van der Waals surface area contributed by atoms with Crippen molar-refractivity contribution in [1.82, 2.24) is 5.48 Å². The second-order valence-electron chi connectivity index (χ2n) is 3.29. The fourth-order valence-corrected chi connectivity index (χ4v) is 1.52. The van der Waals surface area contributed by atoms with E-state index >= 15 is 0 Å². The molecule has 3 heteroatoms. The number of hydroxylamine groups is 1. The Bertz CT molecular complexity index is 187. The summed E-state index contributed by atoms with van der Waals surface area (Å²) in [6.45, 7) is 5.08. The lowest BCUT2D eigenvalue weighted by atomic mass is 10.1. The summed E-state index contributed by atoms with van der Waals surface area (Å²) in [4.78, 5) is 5.24. The molecule has 0 aromatic rings. The van der Waals surface area contributed by atoms with Gasteiger partial charge in [-0.05, 0) is 11.5 Å². The molecule has 0 saturated heterocycles. The van der Waals surface area contributed by atoms with Gasteiger partial charge in [-0.15, -0.1) is 0 Å². The van der Waals surface area contributed by atoms with Crippen molar-refractivity contribution in [2.75, 3.05) is 20.8 Å². The molecule has 1 rings (SSSR count). The number of methoxy groups -OCH3 is 1. The van der Waals surface area contributed by atoms with E-state index in [1.807, 2.05) is 0 Å². The number of ether oxygens (including phenoxy) is 1. The van der Waals surface area contributed by atoms with Gasteiger partial charge in [0.25, 0.3) is 0 Å². The first-order valence-electron chi connectivity index (χ1n) is 4.28. The maximum absolute atomic E-state index is 5.24. The van der Waals surface area contributed by atoms with Crippen molar-refractivity contribution < 1.29 is 9.57 Å². The Labute approximate surface area is 73.7 Å². The maximum atomic E-state index is 5.24. The van der Waals surface area contributed by atoms with Gasteiger partial charge in [-0.3, -0.25) is 0 Å². The Hall–Kier alpha value is -0.540. The zero-order chi connectivity index (χ0) is 9.14. The van der Waals surface area contributed by atoms with E-state index in [0.717, 1.165) is 12.4 Å². The molecule has 0 spiro atoms. The quantitative estimate of drug-likeness (QED) is 0.633. The first kappa shape index (κ1) is 9.55. The van der Waals surface area contributed by atoms with Crippen LogP contribution in [-0.4, -0.2) is 20.8 Å². The van der Waals surface area contributed by atoms with Gasteiger partial charge >= 0.3 is 0 Å². The van der Waals surface area contributed by atoms with Crippen molar-refractivity contribution in [3.63, 3.8) is 0 Å². The molecule has 0 amide bonds. The van der Waals surface area contributed by atoms with Crippen molar-refractivity contribution in [1.29, 1.82) is 0 Å². The van der Waals surface area contributed by atoms with E-state index in [4.69, 9.17) is 9.57 Å². The molecule has 0 bridgehead atoms. The lowest BCUT2D eigenvalue weighted by Gasteiger charge is -2.00. The minimum atomic E-state index is 0.419. The molecule has 0 radical (unpaired) electrons. The molecular weight excluding hydrogens is 154 g/mol. The molecule has 0 heterocycles. The highest BCUT2D eigenvalue weighted by Gasteiger charge is 2.40. The molecule has 0 aromatic heterocycles. The van der Waals surface area contributed by atoms with Crippen molar-refractivity contribution in [2.24, 2.45) is 11.8 Å². The fraction of sp³-hybridized carbons (Fsp3) is 0.778. The average molecular weight is 171 g/mol. The van der Waals surface area contributed by atoms with Crippen LogP contribution in [0.15, 0.2) is 11.3 Å².